The molecule has 0 bridgehead atoms. The van der Waals surface area contributed by atoms with Gasteiger partial charge in [0.15, 0.2) is 11.4 Å². The Labute approximate surface area is 104 Å². The Balaban J connectivity index is 3.40. The van der Waals surface area contributed by atoms with E-state index in [1.807, 2.05) is 0 Å². The molecule has 1 aromatic heterocycles. The number of alkyl halides is 8. The van der Waals surface area contributed by atoms with Crippen LogP contribution in [0.25, 0.3) is 0 Å². The van der Waals surface area contributed by atoms with Crippen molar-refractivity contribution >= 4 is 11.6 Å². The predicted octanol–water partition coefficient (Wildman–Crippen LogP) is 4.59. The highest BCUT2D eigenvalue weighted by molar-refractivity contribution is 6.30. The molecule has 1 rings (SSSR count). The summed E-state index contributed by atoms with van der Waals surface area (Å²) in [6.45, 7) is 0. The fourth-order valence-electron chi connectivity index (χ4n) is 1.05. The minimum atomic E-state index is -5.44. The minimum absolute atomic E-state index is 0.273. The van der Waals surface area contributed by atoms with Crippen LogP contribution in [0.1, 0.15) is 17.7 Å². The van der Waals surface area contributed by atoms with Gasteiger partial charge in [-0.15, -0.1) is 13.2 Å². The first-order valence-corrected chi connectivity index (χ1v) is 4.61. The van der Waals surface area contributed by atoms with Gasteiger partial charge in [0, 0.05) is 0 Å². The lowest BCUT2D eigenvalue weighted by atomic mass is 10.2. The number of aromatic nitrogens is 1. The van der Waals surface area contributed by atoms with Crippen molar-refractivity contribution in [1.29, 1.82) is 0 Å². The number of pyridine rings is 1. The summed E-state index contributed by atoms with van der Waals surface area (Å²) in [6, 6.07) is -0.273. The van der Waals surface area contributed by atoms with E-state index >= 15 is 0 Å². The van der Waals surface area contributed by atoms with Crippen LogP contribution < -0.4 is 4.74 Å². The first-order chi connectivity index (χ1) is 8.42. The van der Waals surface area contributed by atoms with Gasteiger partial charge in [-0.25, -0.2) is 13.8 Å². The van der Waals surface area contributed by atoms with Gasteiger partial charge in [-0.05, 0) is 6.07 Å². The topological polar surface area (TPSA) is 22.1 Å². The molecule has 11 heteroatoms. The molecule has 0 atom stereocenters. The summed E-state index contributed by atoms with van der Waals surface area (Å²) in [5, 5.41) is -1.39. The highest BCUT2D eigenvalue weighted by atomic mass is 35.5. The second-order valence-electron chi connectivity index (χ2n) is 3.06. The Kier molecular flexibility index (Phi) is 4.13. The SMILES string of the molecule is FC(F)c1nc(Cl)c(C(F)(F)F)cc1OC(F)(F)F. The monoisotopic (exact) mass is 315 g/mol. The molecule has 0 aromatic carbocycles. The summed E-state index contributed by atoms with van der Waals surface area (Å²) in [6.07, 6.45) is -14.2. The van der Waals surface area contributed by atoms with E-state index in [1.165, 1.54) is 0 Å². The zero-order valence-corrected chi connectivity index (χ0v) is 9.17. The fraction of sp³-hybridized carbons (Fsp3) is 0.375. The van der Waals surface area contributed by atoms with E-state index in [0.717, 1.165) is 0 Å². The summed E-state index contributed by atoms with van der Waals surface area (Å²) < 4.78 is 101. The number of hydrogen-bond acceptors (Lipinski definition) is 2. The van der Waals surface area contributed by atoms with Crippen LogP contribution in [0.3, 0.4) is 0 Å². The second-order valence-corrected chi connectivity index (χ2v) is 3.41. The molecule has 0 spiro atoms. The number of rotatable bonds is 2. The number of hydrogen-bond donors (Lipinski definition) is 0. The van der Waals surface area contributed by atoms with Crippen molar-refractivity contribution in [3.05, 3.63) is 22.5 Å². The van der Waals surface area contributed by atoms with Gasteiger partial charge in [0.05, 0.1) is 5.56 Å². The van der Waals surface area contributed by atoms with E-state index in [1.54, 1.807) is 0 Å². The van der Waals surface area contributed by atoms with Gasteiger partial charge >= 0.3 is 12.5 Å². The standard InChI is InChI=1S/C8H2ClF8NO/c9-5-2(7(12,13)14)1-3(19-8(15,16)17)4(18-5)6(10)11/h1,6H. The Morgan fingerprint density at radius 3 is 2.00 bits per heavy atom. The first kappa shape index (κ1) is 15.7. The molecule has 0 amide bonds. The average molecular weight is 316 g/mol. The predicted molar refractivity (Wildman–Crippen MR) is 45.9 cm³/mol. The van der Waals surface area contributed by atoms with E-state index in [2.05, 4.69) is 9.72 Å². The molecule has 19 heavy (non-hydrogen) atoms. The highest BCUT2D eigenvalue weighted by Crippen LogP contribution is 2.40. The Morgan fingerprint density at radius 1 is 1.11 bits per heavy atom. The van der Waals surface area contributed by atoms with Gasteiger partial charge in [0.2, 0.25) is 0 Å². The van der Waals surface area contributed by atoms with E-state index in [4.69, 9.17) is 11.6 Å². The fourth-order valence-corrected chi connectivity index (χ4v) is 1.30. The Morgan fingerprint density at radius 2 is 1.63 bits per heavy atom. The van der Waals surface area contributed by atoms with E-state index in [9.17, 15) is 35.1 Å². The molecule has 0 aliphatic heterocycles. The van der Waals surface area contributed by atoms with Crippen molar-refractivity contribution in [3.63, 3.8) is 0 Å². The molecule has 0 radical (unpaired) electrons. The lowest BCUT2D eigenvalue weighted by Gasteiger charge is -2.15. The average Bonchev–Trinajstić information content (AvgIpc) is 2.15. The van der Waals surface area contributed by atoms with Crippen LogP contribution >= 0.6 is 11.6 Å². The van der Waals surface area contributed by atoms with Gasteiger partial charge < -0.3 is 4.74 Å². The van der Waals surface area contributed by atoms with Crippen LogP contribution in [0.5, 0.6) is 5.75 Å². The molecule has 0 aliphatic carbocycles. The number of nitrogens with zero attached hydrogens (tertiary/aromatic N) is 1. The molecule has 0 saturated heterocycles. The molecule has 0 fully saturated rings. The van der Waals surface area contributed by atoms with Gasteiger partial charge in [0.1, 0.15) is 5.15 Å². The molecule has 0 N–H and O–H groups in total. The molecule has 108 valence electrons. The van der Waals surface area contributed by atoms with Crippen LogP contribution in [0, 0.1) is 0 Å². The van der Waals surface area contributed by atoms with Crippen LogP contribution in [0.2, 0.25) is 5.15 Å². The third-order valence-electron chi connectivity index (χ3n) is 1.71. The van der Waals surface area contributed by atoms with Gasteiger partial charge in [-0.3, -0.25) is 0 Å². The molecule has 2 nitrogen and oxygen atoms in total. The normalized spacial score (nSPS) is 12.9. The quantitative estimate of drug-likeness (QED) is 0.588. The van der Waals surface area contributed by atoms with Crippen LogP contribution in [-0.2, 0) is 6.18 Å². The molecule has 0 saturated carbocycles. The van der Waals surface area contributed by atoms with Crippen LogP contribution in [0.4, 0.5) is 35.1 Å². The number of halogens is 9. The smallest absolute Gasteiger partial charge is 0.404 e. The maximum absolute atomic E-state index is 12.4. The highest BCUT2D eigenvalue weighted by Gasteiger charge is 2.39. The zero-order valence-electron chi connectivity index (χ0n) is 8.41. The molecular weight excluding hydrogens is 314 g/mol. The first-order valence-electron chi connectivity index (χ1n) is 4.23. The maximum atomic E-state index is 12.4. The third-order valence-corrected chi connectivity index (χ3v) is 1.99. The van der Waals surface area contributed by atoms with Crippen molar-refractivity contribution < 1.29 is 39.9 Å². The molecule has 0 aliphatic rings. The van der Waals surface area contributed by atoms with Crippen molar-refractivity contribution in [2.45, 2.75) is 19.0 Å². The van der Waals surface area contributed by atoms with Gasteiger partial charge in [-0.2, -0.15) is 13.2 Å². The van der Waals surface area contributed by atoms with Crippen molar-refractivity contribution in [2.75, 3.05) is 0 Å². The van der Waals surface area contributed by atoms with Crippen molar-refractivity contribution in [2.24, 2.45) is 0 Å². The summed E-state index contributed by atoms with van der Waals surface area (Å²) in [5.41, 5.74) is -3.44. The van der Waals surface area contributed by atoms with E-state index in [-0.39, 0.29) is 6.07 Å². The summed E-state index contributed by atoms with van der Waals surface area (Å²) in [7, 11) is 0. The van der Waals surface area contributed by atoms with E-state index < -0.39 is 41.1 Å². The lowest BCUT2D eigenvalue weighted by molar-refractivity contribution is -0.275. The Hall–Kier alpha value is -1.32. The molecule has 1 aromatic rings. The molecule has 1 heterocycles. The van der Waals surface area contributed by atoms with Crippen LogP contribution in [-0.4, -0.2) is 11.3 Å². The summed E-state index contributed by atoms with van der Waals surface area (Å²) in [5.74, 6) is -1.75. The molecular formula is C8H2ClF8NO. The van der Waals surface area contributed by atoms with Crippen molar-refractivity contribution in [1.82, 2.24) is 4.98 Å². The largest absolute Gasteiger partial charge is 0.573 e. The lowest BCUT2D eigenvalue weighted by Crippen LogP contribution is -2.20. The zero-order chi connectivity index (χ0) is 15.0. The summed E-state index contributed by atoms with van der Waals surface area (Å²) >= 11 is 5.00. The third kappa shape index (κ3) is 4.08. The van der Waals surface area contributed by atoms with Gasteiger partial charge in [-0.1, -0.05) is 11.6 Å². The second kappa shape index (κ2) is 4.99. The summed E-state index contributed by atoms with van der Waals surface area (Å²) in [4.78, 5) is 2.59. The number of ether oxygens (including phenoxy) is 1. The Bertz CT molecular complexity index is 469. The van der Waals surface area contributed by atoms with Gasteiger partial charge in [0.25, 0.3) is 6.43 Å². The molecule has 0 unspecified atom stereocenters. The van der Waals surface area contributed by atoms with E-state index in [0.29, 0.717) is 0 Å². The van der Waals surface area contributed by atoms with Crippen molar-refractivity contribution in [3.8, 4) is 5.75 Å². The minimum Gasteiger partial charge on any atom is -0.404 e. The maximum Gasteiger partial charge on any atom is 0.573 e. The van der Waals surface area contributed by atoms with Crippen LogP contribution in [0.15, 0.2) is 6.07 Å².